The molecule has 5 nitrogen and oxygen atoms in total. The van der Waals surface area contributed by atoms with Gasteiger partial charge in [-0.25, -0.2) is 4.79 Å². The highest BCUT2D eigenvalue weighted by molar-refractivity contribution is 8.00. The number of carbonyl (C=O) groups excluding carboxylic acids is 1. The van der Waals surface area contributed by atoms with E-state index in [2.05, 4.69) is 39.9 Å². The summed E-state index contributed by atoms with van der Waals surface area (Å²) in [5, 5.41) is 14.6. The van der Waals surface area contributed by atoms with Gasteiger partial charge in [-0.3, -0.25) is 5.32 Å². The lowest BCUT2D eigenvalue weighted by Crippen LogP contribution is -2.38. The standard InChI is InChI=1S/C17H22N4OS2/c1-12-7-5-6-8-13(12)11-23-17-21-20-16(24-17)19-15(22)18-14-9-3-2-4-10-14/h5-8,14H,2-4,9-11H2,1H3,(H2,18,19,20,22). The van der Waals surface area contributed by atoms with Gasteiger partial charge in [0.1, 0.15) is 0 Å². The molecule has 1 aliphatic carbocycles. The molecule has 24 heavy (non-hydrogen) atoms. The smallest absolute Gasteiger partial charge is 0.321 e. The first-order valence-corrected chi connectivity index (χ1v) is 10.1. The van der Waals surface area contributed by atoms with Crippen LogP contribution < -0.4 is 10.6 Å². The van der Waals surface area contributed by atoms with E-state index in [1.54, 1.807) is 11.8 Å². The summed E-state index contributed by atoms with van der Waals surface area (Å²) in [6.45, 7) is 2.11. The molecule has 1 saturated carbocycles. The molecule has 0 saturated heterocycles. The van der Waals surface area contributed by atoms with Gasteiger partial charge in [0.05, 0.1) is 0 Å². The molecular weight excluding hydrogens is 340 g/mol. The third-order valence-corrected chi connectivity index (χ3v) is 6.20. The Bertz CT molecular complexity index is 683. The Morgan fingerprint density at radius 1 is 1.25 bits per heavy atom. The lowest BCUT2D eigenvalue weighted by molar-refractivity contribution is 0.244. The number of benzene rings is 1. The van der Waals surface area contributed by atoms with Crippen molar-refractivity contribution in [2.45, 2.75) is 55.2 Å². The van der Waals surface area contributed by atoms with Crippen molar-refractivity contribution in [3.63, 3.8) is 0 Å². The second-order valence-electron chi connectivity index (χ2n) is 6.02. The van der Waals surface area contributed by atoms with Gasteiger partial charge in [-0.1, -0.05) is 66.6 Å². The van der Waals surface area contributed by atoms with Crippen LogP contribution in [0.15, 0.2) is 28.6 Å². The molecule has 1 aromatic heterocycles. The van der Waals surface area contributed by atoms with Crippen LogP contribution in [0.5, 0.6) is 0 Å². The van der Waals surface area contributed by atoms with E-state index in [0.717, 1.165) is 22.9 Å². The minimum absolute atomic E-state index is 0.173. The first-order valence-electron chi connectivity index (χ1n) is 8.29. The number of amides is 2. The number of rotatable bonds is 5. The minimum atomic E-state index is -0.173. The van der Waals surface area contributed by atoms with Crippen molar-refractivity contribution in [2.24, 2.45) is 0 Å². The van der Waals surface area contributed by atoms with E-state index in [9.17, 15) is 4.79 Å². The van der Waals surface area contributed by atoms with E-state index in [4.69, 9.17) is 0 Å². The summed E-state index contributed by atoms with van der Waals surface area (Å²) < 4.78 is 0.867. The fourth-order valence-electron chi connectivity index (χ4n) is 2.80. The summed E-state index contributed by atoms with van der Waals surface area (Å²) in [6.07, 6.45) is 5.81. The number of anilines is 1. The molecule has 1 fully saturated rings. The van der Waals surface area contributed by atoms with Crippen LogP contribution in [-0.4, -0.2) is 22.3 Å². The summed E-state index contributed by atoms with van der Waals surface area (Å²) in [5.74, 6) is 0.857. The van der Waals surface area contributed by atoms with Crippen LogP contribution in [0.4, 0.5) is 9.93 Å². The lowest BCUT2D eigenvalue weighted by Gasteiger charge is -2.22. The Kier molecular flexibility index (Phi) is 6.09. The highest BCUT2D eigenvalue weighted by Gasteiger charge is 2.16. The highest BCUT2D eigenvalue weighted by atomic mass is 32.2. The molecule has 0 aliphatic heterocycles. The molecule has 1 heterocycles. The first-order chi connectivity index (χ1) is 11.7. The summed E-state index contributed by atoms with van der Waals surface area (Å²) in [4.78, 5) is 12.0. The average molecular weight is 363 g/mol. The molecule has 2 N–H and O–H groups in total. The fraction of sp³-hybridized carbons (Fsp3) is 0.471. The van der Waals surface area contributed by atoms with E-state index in [1.165, 1.54) is 41.7 Å². The minimum Gasteiger partial charge on any atom is -0.335 e. The third-order valence-electron chi connectivity index (χ3n) is 4.18. The van der Waals surface area contributed by atoms with E-state index in [1.807, 2.05) is 12.1 Å². The first kappa shape index (κ1) is 17.2. The molecule has 0 radical (unpaired) electrons. The summed E-state index contributed by atoms with van der Waals surface area (Å²) >= 11 is 3.06. The molecular formula is C17H22N4OS2. The van der Waals surface area contributed by atoms with Crippen LogP contribution in [0.2, 0.25) is 0 Å². The number of thioether (sulfide) groups is 1. The molecule has 128 valence electrons. The Balaban J connectivity index is 1.48. The third kappa shape index (κ3) is 4.95. The van der Waals surface area contributed by atoms with Crippen LogP contribution in [0.25, 0.3) is 0 Å². The number of hydrogen-bond donors (Lipinski definition) is 2. The van der Waals surface area contributed by atoms with Crippen LogP contribution in [0.1, 0.15) is 43.2 Å². The van der Waals surface area contributed by atoms with E-state index in [-0.39, 0.29) is 6.03 Å². The van der Waals surface area contributed by atoms with Gasteiger partial charge in [0.2, 0.25) is 5.13 Å². The lowest BCUT2D eigenvalue weighted by atomic mass is 9.96. The number of carbonyl (C=O) groups is 1. The Morgan fingerprint density at radius 3 is 2.83 bits per heavy atom. The zero-order valence-corrected chi connectivity index (χ0v) is 15.4. The van der Waals surface area contributed by atoms with Gasteiger partial charge in [0.15, 0.2) is 4.34 Å². The van der Waals surface area contributed by atoms with Gasteiger partial charge in [0, 0.05) is 11.8 Å². The van der Waals surface area contributed by atoms with Gasteiger partial charge in [0.25, 0.3) is 0 Å². The van der Waals surface area contributed by atoms with Gasteiger partial charge < -0.3 is 5.32 Å². The van der Waals surface area contributed by atoms with Gasteiger partial charge in [-0.15, -0.1) is 10.2 Å². The average Bonchev–Trinajstić information content (AvgIpc) is 3.02. The molecule has 2 aromatic rings. The van der Waals surface area contributed by atoms with Crippen LogP contribution in [0.3, 0.4) is 0 Å². The molecule has 1 aliphatic rings. The number of aryl methyl sites for hydroxylation is 1. The summed E-state index contributed by atoms with van der Waals surface area (Å²) in [6, 6.07) is 8.45. The summed E-state index contributed by atoms with van der Waals surface area (Å²) in [7, 11) is 0. The van der Waals surface area contributed by atoms with Gasteiger partial charge in [-0.05, 0) is 30.9 Å². The van der Waals surface area contributed by atoms with Crippen molar-refractivity contribution in [3.8, 4) is 0 Å². The molecule has 1 aromatic carbocycles. The predicted octanol–water partition coefficient (Wildman–Crippen LogP) is 4.59. The number of hydrogen-bond acceptors (Lipinski definition) is 5. The molecule has 0 unspecified atom stereocenters. The number of nitrogens with zero attached hydrogens (tertiary/aromatic N) is 2. The zero-order chi connectivity index (χ0) is 16.8. The van der Waals surface area contributed by atoms with Crippen molar-refractivity contribution >= 4 is 34.3 Å². The van der Waals surface area contributed by atoms with E-state index < -0.39 is 0 Å². The Morgan fingerprint density at radius 2 is 2.04 bits per heavy atom. The molecule has 2 amide bonds. The van der Waals surface area contributed by atoms with Gasteiger partial charge in [-0.2, -0.15) is 0 Å². The molecule has 7 heteroatoms. The molecule has 0 spiro atoms. The predicted molar refractivity (Wildman–Crippen MR) is 99.7 cm³/mol. The van der Waals surface area contributed by atoms with Crippen molar-refractivity contribution in [3.05, 3.63) is 35.4 Å². The highest BCUT2D eigenvalue weighted by Crippen LogP contribution is 2.29. The van der Waals surface area contributed by atoms with Gasteiger partial charge >= 0.3 is 6.03 Å². The van der Waals surface area contributed by atoms with Crippen LogP contribution >= 0.6 is 23.1 Å². The van der Waals surface area contributed by atoms with Crippen LogP contribution in [-0.2, 0) is 5.75 Å². The largest absolute Gasteiger partial charge is 0.335 e. The fourth-order valence-corrected chi connectivity index (χ4v) is 4.62. The maximum atomic E-state index is 12.0. The summed E-state index contributed by atoms with van der Waals surface area (Å²) in [5.41, 5.74) is 2.57. The monoisotopic (exact) mass is 362 g/mol. The molecule has 0 atom stereocenters. The second-order valence-corrected chi connectivity index (χ2v) is 8.22. The maximum absolute atomic E-state index is 12.0. The van der Waals surface area contributed by atoms with E-state index in [0.29, 0.717) is 11.2 Å². The maximum Gasteiger partial charge on any atom is 0.321 e. The van der Waals surface area contributed by atoms with E-state index >= 15 is 0 Å². The number of aromatic nitrogens is 2. The molecule has 0 bridgehead atoms. The number of nitrogens with one attached hydrogen (secondary N) is 2. The topological polar surface area (TPSA) is 66.9 Å². The quantitative estimate of drug-likeness (QED) is 0.603. The van der Waals surface area contributed by atoms with Crippen molar-refractivity contribution in [2.75, 3.05) is 5.32 Å². The second kappa shape index (κ2) is 8.48. The van der Waals surface area contributed by atoms with Crippen molar-refractivity contribution in [1.82, 2.24) is 15.5 Å². The van der Waals surface area contributed by atoms with Crippen molar-refractivity contribution < 1.29 is 4.79 Å². The Labute approximate surface area is 150 Å². The normalized spacial score (nSPS) is 15.2. The Hall–Kier alpha value is -1.60. The SMILES string of the molecule is Cc1ccccc1CSc1nnc(NC(=O)NC2CCCCC2)s1. The number of urea groups is 1. The van der Waals surface area contributed by atoms with Crippen molar-refractivity contribution in [1.29, 1.82) is 0 Å². The molecule has 3 rings (SSSR count). The van der Waals surface area contributed by atoms with Crippen LogP contribution in [0, 0.1) is 6.92 Å². The zero-order valence-electron chi connectivity index (χ0n) is 13.7.